The van der Waals surface area contributed by atoms with Crippen molar-refractivity contribution < 1.29 is 19.4 Å². The Morgan fingerprint density at radius 2 is 2.37 bits per heavy atom. The van der Waals surface area contributed by atoms with E-state index in [9.17, 15) is 4.79 Å². The van der Waals surface area contributed by atoms with E-state index in [0.717, 1.165) is 23.1 Å². The van der Waals surface area contributed by atoms with Crippen LogP contribution in [0.1, 0.15) is 29.9 Å². The number of carboxylic acid groups (broad SMARTS) is 1. The number of aromatic carboxylic acids is 1. The van der Waals surface area contributed by atoms with E-state index in [0.29, 0.717) is 17.9 Å². The van der Waals surface area contributed by atoms with Gasteiger partial charge in [0.25, 0.3) is 0 Å². The van der Waals surface area contributed by atoms with Gasteiger partial charge in [0.1, 0.15) is 23.3 Å². The average molecular weight is 261 g/mol. The molecule has 0 amide bonds. The van der Waals surface area contributed by atoms with E-state index in [1.807, 2.05) is 19.9 Å². The SMILES string of the molecule is CCOc1cc2c(c3[nH]c(C(=O)O)cc13)OC(C)C2. The van der Waals surface area contributed by atoms with Crippen molar-refractivity contribution in [2.45, 2.75) is 26.4 Å². The smallest absolute Gasteiger partial charge is 0.352 e. The zero-order valence-electron chi connectivity index (χ0n) is 10.8. The van der Waals surface area contributed by atoms with Gasteiger partial charge >= 0.3 is 5.97 Å². The Labute approximate surface area is 110 Å². The minimum Gasteiger partial charge on any atom is -0.493 e. The molecule has 19 heavy (non-hydrogen) atoms. The summed E-state index contributed by atoms with van der Waals surface area (Å²) < 4.78 is 11.4. The zero-order chi connectivity index (χ0) is 13.6. The number of hydrogen-bond donors (Lipinski definition) is 2. The second-order valence-corrected chi connectivity index (χ2v) is 4.71. The van der Waals surface area contributed by atoms with Crippen LogP contribution in [-0.2, 0) is 6.42 Å². The molecule has 1 atom stereocenters. The highest BCUT2D eigenvalue weighted by molar-refractivity contribution is 5.99. The van der Waals surface area contributed by atoms with E-state index < -0.39 is 5.97 Å². The summed E-state index contributed by atoms with van der Waals surface area (Å²) in [6.45, 7) is 4.44. The van der Waals surface area contributed by atoms with Crippen LogP contribution in [0.2, 0.25) is 0 Å². The summed E-state index contributed by atoms with van der Waals surface area (Å²) in [6.07, 6.45) is 0.916. The summed E-state index contributed by atoms with van der Waals surface area (Å²) >= 11 is 0. The molecule has 100 valence electrons. The Bertz CT molecular complexity index is 659. The van der Waals surface area contributed by atoms with Crippen LogP contribution in [0.3, 0.4) is 0 Å². The van der Waals surface area contributed by atoms with Crippen LogP contribution >= 0.6 is 0 Å². The fourth-order valence-electron chi connectivity index (χ4n) is 2.52. The average Bonchev–Trinajstić information content (AvgIpc) is 2.92. The van der Waals surface area contributed by atoms with Crippen molar-refractivity contribution >= 4 is 16.9 Å². The monoisotopic (exact) mass is 261 g/mol. The first-order chi connectivity index (χ1) is 9.10. The highest BCUT2D eigenvalue weighted by atomic mass is 16.5. The standard InChI is InChI=1S/C14H15NO4/c1-3-18-11-5-8-4-7(2)19-13(8)12-9(11)6-10(15-12)14(16)17/h5-7,15H,3-4H2,1-2H3,(H,16,17). The number of ether oxygens (including phenoxy) is 2. The molecule has 2 aromatic rings. The summed E-state index contributed by atoms with van der Waals surface area (Å²) in [5, 5.41) is 9.85. The van der Waals surface area contributed by atoms with Gasteiger partial charge < -0.3 is 19.6 Å². The van der Waals surface area contributed by atoms with Crippen molar-refractivity contribution in [1.29, 1.82) is 0 Å². The van der Waals surface area contributed by atoms with Gasteiger partial charge in [-0.15, -0.1) is 0 Å². The van der Waals surface area contributed by atoms with Gasteiger partial charge in [-0.05, 0) is 26.0 Å². The molecule has 1 aromatic carbocycles. The van der Waals surface area contributed by atoms with E-state index in [4.69, 9.17) is 14.6 Å². The maximum Gasteiger partial charge on any atom is 0.352 e. The Morgan fingerprint density at radius 3 is 3.05 bits per heavy atom. The minimum absolute atomic E-state index is 0.103. The van der Waals surface area contributed by atoms with E-state index >= 15 is 0 Å². The molecule has 1 aliphatic heterocycles. The van der Waals surface area contributed by atoms with Crippen LogP contribution in [0, 0.1) is 0 Å². The molecule has 3 rings (SSSR count). The van der Waals surface area contributed by atoms with Gasteiger partial charge in [-0.1, -0.05) is 0 Å². The molecule has 5 nitrogen and oxygen atoms in total. The van der Waals surface area contributed by atoms with Crippen molar-refractivity contribution in [2.75, 3.05) is 6.61 Å². The molecule has 1 aromatic heterocycles. The number of nitrogens with one attached hydrogen (secondary N) is 1. The van der Waals surface area contributed by atoms with Crippen LogP contribution < -0.4 is 9.47 Å². The fourth-order valence-corrected chi connectivity index (χ4v) is 2.52. The summed E-state index contributed by atoms with van der Waals surface area (Å²) in [6, 6.07) is 3.54. The van der Waals surface area contributed by atoms with Crippen LogP contribution in [-0.4, -0.2) is 28.8 Å². The van der Waals surface area contributed by atoms with Gasteiger partial charge in [0, 0.05) is 17.4 Å². The van der Waals surface area contributed by atoms with Crippen molar-refractivity contribution in [3.63, 3.8) is 0 Å². The molecular weight excluding hydrogens is 246 g/mol. The predicted octanol–water partition coefficient (Wildman–Crippen LogP) is 2.59. The molecule has 1 unspecified atom stereocenters. The van der Waals surface area contributed by atoms with Gasteiger partial charge in [0.15, 0.2) is 0 Å². The van der Waals surface area contributed by atoms with Crippen LogP contribution in [0.25, 0.3) is 10.9 Å². The molecule has 2 heterocycles. The number of benzene rings is 1. The van der Waals surface area contributed by atoms with Crippen molar-refractivity contribution in [1.82, 2.24) is 4.98 Å². The predicted molar refractivity (Wildman–Crippen MR) is 70.2 cm³/mol. The summed E-state index contributed by atoms with van der Waals surface area (Å²) in [5.41, 5.74) is 1.91. The Kier molecular flexibility index (Phi) is 2.62. The summed E-state index contributed by atoms with van der Waals surface area (Å²) in [5.74, 6) is 0.467. The molecule has 0 fully saturated rings. The molecular formula is C14H15NO4. The van der Waals surface area contributed by atoms with Gasteiger partial charge in [-0.25, -0.2) is 4.79 Å². The molecule has 1 aliphatic rings. The number of rotatable bonds is 3. The lowest BCUT2D eigenvalue weighted by Gasteiger charge is -2.08. The second-order valence-electron chi connectivity index (χ2n) is 4.71. The summed E-state index contributed by atoms with van der Waals surface area (Å²) in [7, 11) is 0. The topological polar surface area (TPSA) is 71.6 Å². The molecule has 0 saturated carbocycles. The molecule has 0 bridgehead atoms. The third-order valence-electron chi connectivity index (χ3n) is 3.26. The normalized spacial score (nSPS) is 17.3. The fraction of sp³-hybridized carbons (Fsp3) is 0.357. The van der Waals surface area contributed by atoms with E-state index in [1.165, 1.54) is 0 Å². The zero-order valence-corrected chi connectivity index (χ0v) is 10.8. The number of carboxylic acids is 1. The number of H-pyrrole nitrogens is 1. The maximum atomic E-state index is 11.1. The molecule has 0 aliphatic carbocycles. The highest BCUT2D eigenvalue weighted by Crippen LogP contribution is 2.41. The van der Waals surface area contributed by atoms with Crippen molar-refractivity contribution in [3.8, 4) is 11.5 Å². The first-order valence-corrected chi connectivity index (χ1v) is 6.31. The first-order valence-electron chi connectivity index (χ1n) is 6.31. The molecule has 0 radical (unpaired) electrons. The number of carbonyl (C=O) groups is 1. The quantitative estimate of drug-likeness (QED) is 0.890. The van der Waals surface area contributed by atoms with Gasteiger partial charge in [0.2, 0.25) is 0 Å². The summed E-state index contributed by atoms with van der Waals surface area (Å²) in [4.78, 5) is 14.0. The number of fused-ring (bicyclic) bond motifs is 3. The maximum absolute atomic E-state index is 11.1. The van der Waals surface area contributed by atoms with Crippen molar-refractivity contribution in [2.24, 2.45) is 0 Å². The van der Waals surface area contributed by atoms with Crippen LogP contribution in [0.15, 0.2) is 12.1 Å². The van der Waals surface area contributed by atoms with Gasteiger partial charge in [-0.3, -0.25) is 0 Å². The third kappa shape index (κ3) is 1.82. The van der Waals surface area contributed by atoms with E-state index in [-0.39, 0.29) is 11.8 Å². The van der Waals surface area contributed by atoms with E-state index in [2.05, 4.69) is 4.98 Å². The molecule has 2 N–H and O–H groups in total. The lowest BCUT2D eigenvalue weighted by Crippen LogP contribution is -2.05. The number of hydrogen-bond acceptors (Lipinski definition) is 3. The molecule has 0 saturated heterocycles. The third-order valence-corrected chi connectivity index (χ3v) is 3.26. The number of aromatic nitrogens is 1. The van der Waals surface area contributed by atoms with Gasteiger partial charge in [-0.2, -0.15) is 0 Å². The minimum atomic E-state index is -0.988. The van der Waals surface area contributed by atoms with Crippen LogP contribution in [0.4, 0.5) is 0 Å². The van der Waals surface area contributed by atoms with Crippen molar-refractivity contribution in [3.05, 3.63) is 23.4 Å². The first kappa shape index (κ1) is 11.9. The molecule has 0 spiro atoms. The highest BCUT2D eigenvalue weighted by Gasteiger charge is 2.25. The largest absolute Gasteiger partial charge is 0.493 e. The Morgan fingerprint density at radius 1 is 1.58 bits per heavy atom. The second kappa shape index (κ2) is 4.19. The Balaban J connectivity index is 2.26. The molecule has 5 heteroatoms. The lowest BCUT2D eigenvalue weighted by molar-refractivity contribution is 0.0691. The number of aromatic amines is 1. The lowest BCUT2D eigenvalue weighted by atomic mass is 10.1. The van der Waals surface area contributed by atoms with Gasteiger partial charge in [0.05, 0.1) is 12.1 Å². The Hall–Kier alpha value is -2.17. The van der Waals surface area contributed by atoms with Crippen LogP contribution in [0.5, 0.6) is 11.5 Å². The van der Waals surface area contributed by atoms with E-state index in [1.54, 1.807) is 6.07 Å².